The minimum atomic E-state index is -0.451. The third-order valence-electron chi connectivity index (χ3n) is 2.00. The monoisotopic (exact) mass is 195 g/mol. The fourth-order valence-corrected chi connectivity index (χ4v) is 1.24. The van der Waals surface area contributed by atoms with Crippen LogP contribution in [0, 0.1) is 12.3 Å². The van der Waals surface area contributed by atoms with Crippen LogP contribution in [0.3, 0.4) is 0 Å². The minimum Gasteiger partial charge on any atom is -0.464 e. The van der Waals surface area contributed by atoms with Crippen LogP contribution in [0.25, 0.3) is 0 Å². The Kier molecular flexibility index (Phi) is 3.99. The van der Waals surface area contributed by atoms with Crippen LogP contribution in [0.15, 0.2) is 0 Å². The fourth-order valence-electron chi connectivity index (χ4n) is 1.24. The molecule has 0 aromatic heterocycles. The van der Waals surface area contributed by atoms with Gasteiger partial charge >= 0.3 is 5.97 Å². The summed E-state index contributed by atoms with van der Waals surface area (Å²) >= 11 is 0. The number of hydrogen-bond acceptors (Lipinski definition) is 3. The lowest BCUT2D eigenvalue weighted by molar-refractivity contribution is -0.141. The van der Waals surface area contributed by atoms with E-state index in [1.807, 2.05) is 0 Å². The lowest BCUT2D eigenvalue weighted by Crippen LogP contribution is -2.37. The molecule has 0 aromatic carbocycles. The van der Waals surface area contributed by atoms with Gasteiger partial charge in [-0.15, -0.1) is 12.3 Å². The molecule has 1 unspecified atom stereocenters. The number of carbonyl (C=O) groups is 2. The molecule has 1 rings (SSSR count). The van der Waals surface area contributed by atoms with E-state index in [0.717, 1.165) is 0 Å². The van der Waals surface area contributed by atoms with Crippen LogP contribution in [0.5, 0.6) is 0 Å². The molecule has 0 aliphatic carbocycles. The number of amides is 1. The summed E-state index contributed by atoms with van der Waals surface area (Å²) in [5.41, 5.74) is 0. The summed E-state index contributed by atoms with van der Waals surface area (Å²) in [4.78, 5) is 22.2. The highest BCUT2D eigenvalue weighted by Crippen LogP contribution is 2.06. The quantitative estimate of drug-likeness (QED) is 0.396. The van der Waals surface area contributed by atoms with Gasteiger partial charge in [-0.05, 0) is 6.42 Å². The Morgan fingerprint density at radius 3 is 3.07 bits per heavy atom. The van der Waals surface area contributed by atoms with Gasteiger partial charge < -0.3 is 10.1 Å². The number of carbonyl (C=O) groups excluding carboxylic acids is 2. The number of ether oxygens (including phenoxy) is 1. The van der Waals surface area contributed by atoms with E-state index in [4.69, 9.17) is 11.2 Å². The number of nitrogens with one attached hydrogen (secondary N) is 1. The van der Waals surface area contributed by atoms with Crippen molar-refractivity contribution >= 4 is 11.9 Å². The van der Waals surface area contributed by atoms with Crippen LogP contribution < -0.4 is 5.32 Å². The molecule has 0 aromatic rings. The zero-order valence-electron chi connectivity index (χ0n) is 7.91. The van der Waals surface area contributed by atoms with Crippen LogP contribution in [0.4, 0.5) is 0 Å². The van der Waals surface area contributed by atoms with Crippen molar-refractivity contribution in [2.75, 3.05) is 6.61 Å². The zero-order valence-corrected chi connectivity index (χ0v) is 7.91. The van der Waals surface area contributed by atoms with Gasteiger partial charge in [0, 0.05) is 19.3 Å². The second kappa shape index (κ2) is 5.28. The summed E-state index contributed by atoms with van der Waals surface area (Å²) < 4.78 is 4.71. The van der Waals surface area contributed by atoms with Crippen molar-refractivity contribution in [3.05, 3.63) is 0 Å². The Morgan fingerprint density at radius 1 is 1.71 bits per heavy atom. The summed E-state index contributed by atoms with van der Waals surface area (Å²) in [6.07, 6.45) is 7.23. The van der Waals surface area contributed by atoms with Gasteiger partial charge in [-0.2, -0.15) is 0 Å². The molecule has 76 valence electrons. The third kappa shape index (κ3) is 3.09. The first-order valence-corrected chi connectivity index (χ1v) is 4.63. The number of unbranched alkanes of at least 4 members (excludes halogenated alkanes) is 1. The maximum atomic E-state index is 11.2. The molecular weight excluding hydrogens is 182 g/mol. The summed E-state index contributed by atoms with van der Waals surface area (Å²) in [5, 5.41) is 2.61. The molecule has 1 amide bonds. The first-order chi connectivity index (χ1) is 6.74. The normalized spacial score (nSPS) is 19.9. The van der Waals surface area contributed by atoms with Crippen molar-refractivity contribution in [3.8, 4) is 12.3 Å². The van der Waals surface area contributed by atoms with Crippen molar-refractivity contribution in [2.45, 2.75) is 31.7 Å². The van der Waals surface area contributed by atoms with E-state index in [9.17, 15) is 9.59 Å². The van der Waals surface area contributed by atoms with Crippen LogP contribution in [0.2, 0.25) is 0 Å². The van der Waals surface area contributed by atoms with Gasteiger partial charge in [0.1, 0.15) is 6.04 Å². The molecule has 0 saturated carbocycles. The number of rotatable bonds is 4. The average Bonchev–Trinajstić information content (AvgIpc) is 2.52. The number of cyclic esters (lactones) is 1. The van der Waals surface area contributed by atoms with Gasteiger partial charge in [0.25, 0.3) is 0 Å². The predicted molar refractivity (Wildman–Crippen MR) is 50.2 cm³/mol. The molecule has 1 N–H and O–H groups in total. The zero-order chi connectivity index (χ0) is 10.4. The molecular formula is C10H13NO3. The number of terminal acetylenes is 1. The van der Waals surface area contributed by atoms with Crippen molar-refractivity contribution in [3.63, 3.8) is 0 Å². The summed E-state index contributed by atoms with van der Waals surface area (Å²) in [6, 6.07) is -0.451. The molecule has 0 radical (unpaired) electrons. The highest BCUT2D eigenvalue weighted by atomic mass is 16.5. The minimum absolute atomic E-state index is 0.135. The maximum absolute atomic E-state index is 11.2. The third-order valence-corrected chi connectivity index (χ3v) is 2.00. The highest BCUT2D eigenvalue weighted by Gasteiger charge is 2.27. The number of esters is 1. The van der Waals surface area contributed by atoms with Crippen LogP contribution in [-0.4, -0.2) is 24.5 Å². The smallest absolute Gasteiger partial charge is 0.328 e. The molecule has 1 aliphatic heterocycles. The molecule has 0 bridgehead atoms. The Morgan fingerprint density at radius 2 is 2.50 bits per heavy atom. The Bertz CT molecular complexity index is 267. The van der Waals surface area contributed by atoms with Crippen molar-refractivity contribution in [1.82, 2.24) is 5.32 Å². The molecule has 14 heavy (non-hydrogen) atoms. The van der Waals surface area contributed by atoms with Gasteiger partial charge in [-0.3, -0.25) is 4.79 Å². The largest absolute Gasteiger partial charge is 0.464 e. The Labute approximate surface area is 83.0 Å². The van der Waals surface area contributed by atoms with Gasteiger partial charge in [0.05, 0.1) is 6.61 Å². The molecule has 4 nitrogen and oxygen atoms in total. The lowest BCUT2D eigenvalue weighted by Gasteiger charge is -2.07. The van der Waals surface area contributed by atoms with E-state index in [2.05, 4.69) is 11.2 Å². The van der Waals surface area contributed by atoms with Gasteiger partial charge in [-0.1, -0.05) is 0 Å². The van der Waals surface area contributed by atoms with Gasteiger partial charge in [0.15, 0.2) is 0 Å². The maximum Gasteiger partial charge on any atom is 0.328 e. The van der Waals surface area contributed by atoms with Crippen LogP contribution >= 0.6 is 0 Å². The average molecular weight is 195 g/mol. The topological polar surface area (TPSA) is 55.4 Å². The molecule has 4 heteroatoms. The van der Waals surface area contributed by atoms with E-state index >= 15 is 0 Å². The first kappa shape index (κ1) is 10.6. The molecule has 1 aliphatic rings. The van der Waals surface area contributed by atoms with E-state index in [0.29, 0.717) is 32.3 Å². The van der Waals surface area contributed by atoms with E-state index < -0.39 is 6.04 Å². The van der Waals surface area contributed by atoms with Crippen LogP contribution in [0.1, 0.15) is 25.7 Å². The van der Waals surface area contributed by atoms with Crippen LogP contribution in [-0.2, 0) is 14.3 Å². The molecule has 1 atom stereocenters. The summed E-state index contributed by atoms with van der Waals surface area (Å²) in [7, 11) is 0. The van der Waals surface area contributed by atoms with Crippen molar-refractivity contribution < 1.29 is 14.3 Å². The van der Waals surface area contributed by atoms with Gasteiger partial charge in [-0.25, -0.2) is 4.79 Å². The molecule has 0 spiro atoms. The predicted octanol–water partition coefficient (Wildman–Crippen LogP) is 0.222. The second-order valence-electron chi connectivity index (χ2n) is 3.13. The summed E-state index contributed by atoms with van der Waals surface area (Å²) in [6.45, 7) is 0.397. The summed E-state index contributed by atoms with van der Waals surface area (Å²) in [5.74, 6) is 1.98. The standard InChI is InChI=1S/C10H13NO3/c1-2-3-4-5-9(12)11-8-6-7-14-10(8)13/h1,8H,3-7H2,(H,11,12). The van der Waals surface area contributed by atoms with E-state index in [1.54, 1.807) is 0 Å². The lowest BCUT2D eigenvalue weighted by atomic mass is 10.2. The van der Waals surface area contributed by atoms with E-state index in [-0.39, 0.29) is 11.9 Å². The Balaban J connectivity index is 2.20. The van der Waals surface area contributed by atoms with Crippen molar-refractivity contribution in [2.24, 2.45) is 0 Å². The fraction of sp³-hybridized carbons (Fsp3) is 0.600. The second-order valence-corrected chi connectivity index (χ2v) is 3.13. The SMILES string of the molecule is C#CCCCC(=O)NC1CCOC1=O. The van der Waals surface area contributed by atoms with E-state index in [1.165, 1.54) is 0 Å². The van der Waals surface area contributed by atoms with Crippen molar-refractivity contribution in [1.29, 1.82) is 0 Å². The van der Waals surface area contributed by atoms with Gasteiger partial charge in [0.2, 0.25) is 5.91 Å². The molecule has 1 fully saturated rings. The molecule has 1 saturated heterocycles. The first-order valence-electron chi connectivity index (χ1n) is 4.63. The molecule has 1 heterocycles. The number of hydrogen-bond donors (Lipinski definition) is 1. The highest BCUT2D eigenvalue weighted by molar-refractivity contribution is 5.85. The Hall–Kier alpha value is -1.50.